The molecule has 0 atom stereocenters. The Labute approximate surface area is 186 Å². The molecule has 1 saturated heterocycles. The van der Waals surface area contributed by atoms with Gasteiger partial charge in [0.15, 0.2) is 0 Å². The van der Waals surface area contributed by atoms with Crippen LogP contribution in [0.4, 0.5) is 17.1 Å². The Hall–Kier alpha value is -3.28. The molecule has 0 radical (unpaired) electrons. The van der Waals surface area contributed by atoms with Crippen molar-refractivity contribution in [1.82, 2.24) is 10.0 Å². The van der Waals surface area contributed by atoms with Gasteiger partial charge in [-0.1, -0.05) is 29.8 Å². The number of aromatic nitrogens is 1. The topological polar surface area (TPSA) is 40.6 Å². The fourth-order valence-electron chi connectivity index (χ4n) is 3.81. The van der Waals surface area contributed by atoms with Gasteiger partial charge in [-0.05, 0) is 60.7 Å². The third-order valence-electron chi connectivity index (χ3n) is 5.43. The monoisotopic (exact) mass is 430 g/mol. The van der Waals surface area contributed by atoms with E-state index in [2.05, 4.69) is 39.5 Å². The van der Waals surface area contributed by atoms with E-state index in [-0.39, 0.29) is 0 Å². The minimum Gasteiger partial charge on any atom is -0.406 e. The Morgan fingerprint density at radius 2 is 1.61 bits per heavy atom. The van der Waals surface area contributed by atoms with E-state index in [4.69, 9.17) is 16.4 Å². The van der Waals surface area contributed by atoms with Gasteiger partial charge in [0, 0.05) is 46.8 Å². The van der Waals surface area contributed by atoms with Crippen molar-refractivity contribution in [3.05, 3.63) is 90.1 Å². The smallest absolute Gasteiger partial charge is 0.147 e. The number of nitrogens with one attached hydrogen (secondary N) is 1. The van der Waals surface area contributed by atoms with Crippen LogP contribution in [0.3, 0.4) is 0 Å². The molecule has 1 fully saturated rings. The first-order valence-corrected chi connectivity index (χ1v) is 10.8. The molecule has 156 valence electrons. The summed E-state index contributed by atoms with van der Waals surface area (Å²) in [5.41, 5.74) is 4.12. The van der Waals surface area contributed by atoms with Crippen LogP contribution in [0.1, 0.15) is 0 Å². The molecule has 3 aromatic carbocycles. The molecule has 0 unspecified atom stereocenters. The van der Waals surface area contributed by atoms with Gasteiger partial charge in [0.1, 0.15) is 5.75 Å². The summed E-state index contributed by atoms with van der Waals surface area (Å²) in [6, 6.07) is 26.3. The summed E-state index contributed by atoms with van der Waals surface area (Å²) in [4.78, 5) is 12.9. The Morgan fingerprint density at radius 1 is 0.839 bits per heavy atom. The molecule has 1 aliphatic heterocycles. The Kier molecular flexibility index (Phi) is 5.61. The van der Waals surface area contributed by atoms with Crippen molar-refractivity contribution in [2.24, 2.45) is 0 Å². The van der Waals surface area contributed by atoms with Gasteiger partial charge in [-0.2, -0.15) is 0 Å². The summed E-state index contributed by atoms with van der Waals surface area (Å²) in [7, 11) is 0. The van der Waals surface area contributed by atoms with Crippen LogP contribution in [0.15, 0.2) is 85.1 Å². The molecule has 0 spiro atoms. The summed E-state index contributed by atoms with van der Waals surface area (Å²) < 4.78 is 0. The molecule has 5 nitrogen and oxygen atoms in total. The van der Waals surface area contributed by atoms with E-state index in [1.165, 1.54) is 5.69 Å². The first kappa shape index (κ1) is 19.7. The van der Waals surface area contributed by atoms with E-state index in [1.54, 1.807) is 6.20 Å². The van der Waals surface area contributed by atoms with Crippen LogP contribution in [0.25, 0.3) is 10.9 Å². The molecule has 0 aliphatic carbocycles. The predicted octanol–water partition coefficient (Wildman–Crippen LogP) is 5.75. The van der Waals surface area contributed by atoms with Crippen LogP contribution in [-0.4, -0.2) is 36.2 Å². The third-order valence-corrected chi connectivity index (χ3v) is 5.67. The number of hydroxylamine groups is 2. The number of pyridine rings is 1. The van der Waals surface area contributed by atoms with Crippen LogP contribution in [0, 0.1) is 0 Å². The Bertz CT molecular complexity index is 1160. The number of hydrogen-bond donors (Lipinski definition) is 1. The fourth-order valence-corrected chi connectivity index (χ4v) is 3.98. The summed E-state index contributed by atoms with van der Waals surface area (Å²) in [6.45, 7) is 3.62. The number of nitrogens with zero attached hydrogens (tertiary/aromatic N) is 3. The van der Waals surface area contributed by atoms with E-state index in [9.17, 15) is 0 Å². The van der Waals surface area contributed by atoms with Gasteiger partial charge in [0.25, 0.3) is 0 Å². The molecule has 5 rings (SSSR count). The quantitative estimate of drug-likeness (QED) is 0.436. The highest BCUT2D eigenvalue weighted by atomic mass is 35.5. The van der Waals surface area contributed by atoms with Crippen LogP contribution in [-0.2, 0) is 0 Å². The number of hydrogen-bond acceptors (Lipinski definition) is 5. The van der Waals surface area contributed by atoms with Crippen molar-refractivity contribution in [2.45, 2.75) is 0 Å². The fraction of sp³-hybridized carbons (Fsp3) is 0.160. The number of halogens is 1. The Balaban J connectivity index is 1.20. The molecule has 1 N–H and O–H groups in total. The maximum Gasteiger partial charge on any atom is 0.147 e. The second kappa shape index (κ2) is 8.84. The highest BCUT2D eigenvalue weighted by Crippen LogP contribution is 2.28. The zero-order valence-corrected chi connectivity index (χ0v) is 17.8. The third kappa shape index (κ3) is 4.58. The average molecular weight is 431 g/mol. The summed E-state index contributed by atoms with van der Waals surface area (Å²) in [5.74, 6) is 0.838. The van der Waals surface area contributed by atoms with Gasteiger partial charge in [0.2, 0.25) is 0 Å². The highest BCUT2D eigenvalue weighted by Gasteiger charge is 2.18. The van der Waals surface area contributed by atoms with Gasteiger partial charge in [-0.3, -0.25) is 4.98 Å². The van der Waals surface area contributed by atoms with Gasteiger partial charge in [-0.15, -0.1) is 5.06 Å². The van der Waals surface area contributed by atoms with E-state index in [0.717, 1.165) is 54.2 Å². The lowest BCUT2D eigenvalue weighted by Crippen LogP contribution is -2.47. The van der Waals surface area contributed by atoms with E-state index in [0.29, 0.717) is 5.02 Å². The van der Waals surface area contributed by atoms with Gasteiger partial charge in [0.05, 0.1) is 18.6 Å². The van der Waals surface area contributed by atoms with Crippen LogP contribution >= 0.6 is 11.6 Å². The number of rotatable bonds is 5. The molecule has 1 aliphatic rings. The molecule has 31 heavy (non-hydrogen) atoms. The lowest BCUT2D eigenvalue weighted by molar-refractivity contribution is -0.0619. The maximum atomic E-state index is 6.09. The van der Waals surface area contributed by atoms with Crippen molar-refractivity contribution in [3.8, 4) is 5.75 Å². The van der Waals surface area contributed by atoms with Crippen molar-refractivity contribution in [1.29, 1.82) is 0 Å². The number of benzene rings is 3. The van der Waals surface area contributed by atoms with Gasteiger partial charge >= 0.3 is 0 Å². The second-order valence-corrected chi connectivity index (χ2v) is 7.95. The first-order valence-electron chi connectivity index (χ1n) is 10.4. The van der Waals surface area contributed by atoms with Crippen LogP contribution < -0.4 is 15.1 Å². The molecule has 0 saturated carbocycles. The molecule has 4 aromatic rings. The molecule has 6 heteroatoms. The zero-order chi connectivity index (χ0) is 21.0. The van der Waals surface area contributed by atoms with Crippen molar-refractivity contribution < 1.29 is 4.84 Å². The number of para-hydroxylation sites is 1. The van der Waals surface area contributed by atoms with Gasteiger partial charge in [-0.25, -0.2) is 0 Å². The first-order chi connectivity index (χ1) is 15.2. The van der Waals surface area contributed by atoms with Crippen molar-refractivity contribution in [3.63, 3.8) is 0 Å². The van der Waals surface area contributed by atoms with E-state index in [1.807, 2.05) is 59.7 Å². The van der Waals surface area contributed by atoms with Crippen LogP contribution in [0.2, 0.25) is 5.02 Å². The standard InChI is InChI=1S/C25H23ClN4O/c26-19-6-11-23-24(12-13-27-25(23)18-19)28-20-7-9-22(10-8-20)31-30-16-14-29(15-17-30)21-4-2-1-3-5-21/h1-13,18H,14-17H2,(H,27,28). The van der Waals surface area contributed by atoms with Gasteiger partial charge < -0.3 is 15.1 Å². The number of fused-ring (bicyclic) bond motifs is 1. The van der Waals surface area contributed by atoms with E-state index < -0.39 is 0 Å². The molecule has 0 bridgehead atoms. The molecule has 1 aromatic heterocycles. The normalized spacial score (nSPS) is 14.5. The van der Waals surface area contributed by atoms with E-state index >= 15 is 0 Å². The molecular formula is C25H23ClN4O. The molecular weight excluding hydrogens is 408 g/mol. The highest BCUT2D eigenvalue weighted by molar-refractivity contribution is 6.31. The van der Waals surface area contributed by atoms with Crippen molar-refractivity contribution in [2.75, 3.05) is 36.4 Å². The summed E-state index contributed by atoms with van der Waals surface area (Å²) in [5, 5.41) is 7.21. The lowest BCUT2D eigenvalue weighted by Gasteiger charge is -2.35. The van der Waals surface area contributed by atoms with Crippen molar-refractivity contribution >= 4 is 39.6 Å². The maximum absolute atomic E-state index is 6.09. The predicted molar refractivity (Wildman–Crippen MR) is 127 cm³/mol. The summed E-state index contributed by atoms with van der Waals surface area (Å²) >= 11 is 6.09. The minimum atomic E-state index is 0.684. The SMILES string of the molecule is Clc1ccc2c(Nc3ccc(ON4CCN(c5ccccc5)CC4)cc3)ccnc2c1. The average Bonchev–Trinajstić information content (AvgIpc) is 2.81. The zero-order valence-electron chi connectivity index (χ0n) is 17.0. The number of anilines is 3. The molecule has 2 heterocycles. The molecule has 0 amide bonds. The largest absolute Gasteiger partial charge is 0.406 e. The second-order valence-electron chi connectivity index (χ2n) is 7.51. The summed E-state index contributed by atoms with van der Waals surface area (Å²) in [6.07, 6.45) is 1.79. The van der Waals surface area contributed by atoms with Crippen LogP contribution in [0.5, 0.6) is 5.75 Å². The Morgan fingerprint density at radius 3 is 2.39 bits per heavy atom. The number of piperazine rings is 1. The lowest BCUT2D eigenvalue weighted by atomic mass is 10.2. The minimum absolute atomic E-state index is 0.684.